The van der Waals surface area contributed by atoms with E-state index in [0.29, 0.717) is 6.54 Å². The van der Waals surface area contributed by atoms with E-state index in [9.17, 15) is 0 Å². The second-order valence-corrected chi connectivity index (χ2v) is 8.64. The van der Waals surface area contributed by atoms with Crippen LogP contribution in [0.2, 0.25) is 0 Å². The van der Waals surface area contributed by atoms with Crippen LogP contribution >= 0.6 is 11.9 Å². The molecule has 0 unspecified atom stereocenters. The predicted molar refractivity (Wildman–Crippen MR) is 140 cm³/mol. The molecule has 170 valence electrons. The molecule has 2 N–H and O–H groups in total. The van der Waals surface area contributed by atoms with Crippen LogP contribution in [0.1, 0.15) is 38.2 Å². The van der Waals surface area contributed by atoms with Gasteiger partial charge in [0.2, 0.25) is 0 Å². The molecule has 0 radical (unpaired) electrons. The normalized spacial score (nSPS) is 13.8. The van der Waals surface area contributed by atoms with Gasteiger partial charge < -0.3 is 5.32 Å². The molecule has 1 aliphatic rings. The Morgan fingerprint density at radius 1 is 0.909 bits per heavy atom. The van der Waals surface area contributed by atoms with Crippen molar-refractivity contribution in [3.05, 3.63) is 84.4 Å². The average Bonchev–Trinajstić information content (AvgIpc) is 3.69. The van der Waals surface area contributed by atoms with E-state index in [1.54, 1.807) is 11.9 Å². The van der Waals surface area contributed by atoms with Crippen LogP contribution < -0.4 is 10.0 Å². The van der Waals surface area contributed by atoms with Crippen molar-refractivity contribution in [2.24, 2.45) is 0 Å². The standard InChI is InChI=1S/C25H25N5S.C2H6/c1-31-28-17-25(13-14-25)24-29-21-12-7-11-20(18-8-3-2-4-9-18)22(21)23(30-24)27-16-19-10-5-6-15-26-19;1-2/h2-12,15,28H,13-14,16-17H2,1H3,(H,27,29,30);1-2H3. The van der Waals surface area contributed by atoms with Crippen LogP contribution in [0.15, 0.2) is 72.9 Å². The van der Waals surface area contributed by atoms with Crippen LogP contribution in [0.25, 0.3) is 22.0 Å². The molecule has 6 heteroatoms. The fraction of sp³-hybridized carbons (Fsp3) is 0.296. The van der Waals surface area contributed by atoms with Gasteiger partial charge in [-0.3, -0.25) is 9.71 Å². The lowest BCUT2D eigenvalue weighted by atomic mass is 10.00. The maximum atomic E-state index is 5.09. The Balaban J connectivity index is 0.00000126. The number of fused-ring (bicyclic) bond motifs is 1. The topological polar surface area (TPSA) is 62.7 Å². The average molecular weight is 458 g/mol. The molecule has 0 amide bonds. The number of hydrogen-bond donors (Lipinski definition) is 2. The van der Waals surface area contributed by atoms with E-state index in [2.05, 4.69) is 63.7 Å². The zero-order valence-corrected chi connectivity index (χ0v) is 20.3. The number of nitrogens with one attached hydrogen (secondary N) is 2. The highest BCUT2D eigenvalue weighted by atomic mass is 32.2. The van der Waals surface area contributed by atoms with Crippen LogP contribution in [-0.2, 0) is 12.0 Å². The minimum Gasteiger partial charge on any atom is -0.364 e. The maximum Gasteiger partial charge on any atom is 0.138 e. The van der Waals surface area contributed by atoms with Gasteiger partial charge in [-0.2, -0.15) is 0 Å². The number of aromatic nitrogens is 3. The van der Waals surface area contributed by atoms with E-state index < -0.39 is 0 Å². The lowest BCUT2D eigenvalue weighted by Gasteiger charge is -2.18. The van der Waals surface area contributed by atoms with Crippen LogP contribution in [0, 0.1) is 0 Å². The summed E-state index contributed by atoms with van der Waals surface area (Å²) in [6, 6.07) is 22.7. The molecule has 5 rings (SSSR count). The van der Waals surface area contributed by atoms with Gasteiger partial charge in [0.05, 0.1) is 23.1 Å². The third-order valence-corrected chi connectivity index (χ3v) is 6.29. The van der Waals surface area contributed by atoms with Gasteiger partial charge in [0, 0.05) is 18.2 Å². The highest BCUT2D eigenvalue weighted by molar-refractivity contribution is 7.96. The molecule has 2 aromatic carbocycles. The second-order valence-electron chi connectivity index (χ2n) is 7.94. The zero-order valence-electron chi connectivity index (χ0n) is 19.5. The molecule has 4 aromatic rings. The van der Waals surface area contributed by atoms with Crippen LogP contribution in [-0.4, -0.2) is 27.8 Å². The summed E-state index contributed by atoms with van der Waals surface area (Å²) >= 11 is 1.65. The first kappa shape index (κ1) is 23.2. The van der Waals surface area contributed by atoms with Gasteiger partial charge >= 0.3 is 0 Å². The van der Waals surface area contributed by atoms with E-state index in [0.717, 1.165) is 58.8 Å². The highest BCUT2D eigenvalue weighted by Crippen LogP contribution is 2.47. The molecule has 5 nitrogen and oxygen atoms in total. The quantitative estimate of drug-likeness (QED) is 0.306. The minimum atomic E-state index is 0.0291. The van der Waals surface area contributed by atoms with Gasteiger partial charge in [-0.15, -0.1) is 0 Å². The first-order valence-corrected chi connectivity index (χ1v) is 12.8. The van der Waals surface area contributed by atoms with Gasteiger partial charge in [0.25, 0.3) is 0 Å². The van der Waals surface area contributed by atoms with E-state index in [1.807, 2.05) is 44.3 Å². The van der Waals surface area contributed by atoms with Crippen LogP contribution in [0.3, 0.4) is 0 Å². The van der Waals surface area contributed by atoms with Gasteiger partial charge in [0.15, 0.2) is 0 Å². The summed E-state index contributed by atoms with van der Waals surface area (Å²) in [6.45, 7) is 5.50. The maximum absolute atomic E-state index is 5.09. The molecular formula is C27H31N5S. The molecule has 33 heavy (non-hydrogen) atoms. The summed E-state index contributed by atoms with van der Waals surface area (Å²) in [5, 5.41) is 4.63. The van der Waals surface area contributed by atoms with Crippen LogP contribution in [0.4, 0.5) is 5.82 Å². The number of benzene rings is 2. The number of pyridine rings is 1. The Bertz CT molecular complexity index is 1180. The van der Waals surface area contributed by atoms with Gasteiger partial charge in [-0.05, 0) is 48.4 Å². The molecule has 2 heterocycles. The summed E-state index contributed by atoms with van der Waals surface area (Å²) in [7, 11) is 0. The van der Waals surface area contributed by atoms with Crippen LogP contribution in [0.5, 0.6) is 0 Å². The molecule has 2 aromatic heterocycles. The van der Waals surface area contributed by atoms with E-state index >= 15 is 0 Å². The monoisotopic (exact) mass is 457 g/mol. The Morgan fingerprint density at radius 2 is 1.70 bits per heavy atom. The van der Waals surface area contributed by atoms with Gasteiger partial charge in [-0.25, -0.2) is 9.97 Å². The lowest BCUT2D eigenvalue weighted by Crippen LogP contribution is -2.25. The van der Waals surface area contributed by atoms with E-state index in [4.69, 9.17) is 9.97 Å². The molecule has 0 spiro atoms. The fourth-order valence-corrected chi connectivity index (χ4v) is 4.34. The largest absolute Gasteiger partial charge is 0.364 e. The number of hydrogen-bond acceptors (Lipinski definition) is 6. The van der Waals surface area contributed by atoms with Crippen molar-refractivity contribution in [2.45, 2.75) is 38.6 Å². The summed E-state index contributed by atoms with van der Waals surface area (Å²) in [5.41, 5.74) is 4.29. The molecule has 0 aliphatic heterocycles. The van der Waals surface area contributed by atoms with Crippen molar-refractivity contribution >= 4 is 28.7 Å². The fourth-order valence-electron chi connectivity index (χ4n) is 3.92. The Hall–Kier alpha value is -2.96. The summed E-state index contributed by atoms with van der Waals surface area (Å²) < 4.78 is 3.42. The minimum absolute atomic E-state index is 0.0291. The lowest BCUT2D eigenvalue weighted by molar-refractivity contribution is 0.632. The molecule has 1 aliphatic carbocycles. The highest BCUT2D eigenvalue weighted by Gasteiger charge is 2.47. The number of rotatable bonds is 8. The zero-order chi connectivity index (χ0) is 23.1. The molecule has 0 bridgehead atoms. The van der Waals surface area contributed by atoms with Crippen molar-refractivity contribution in [3.8, 4) is 11.1 Å². The summed E-state index contributed by atoms with van der Waals surface area (Å²) in [4.78, 5) is 14.6. The molecule has 1 saturated carbocycles. The van der Waals surface area contributed by atoms with Crippen molar-refractivity contribution in [3.63, 3.8) is 0 Å². The first-order valence-electron chi connectivity index (χ1n) is 11.6. The van der Waals surface area contributed by atoms with Gasteiger partial charge in [-0.1, -0.05) is 74.3 Å². The Labute approximate surface area is 200 Å². The molecular weight excluding hydrogens is 426 g/mol. The van der Waals surface area contributed by atoms with Crippen molar-refractivity contribution in [1.29, 1.82) is 0 Å². The molecule has 1 fully saturated rings. The van der Waals surface area contributed by atoms with E-state index in [1.165, 1.54) is 0 Å². The second kappa shape index (κ2) is 10.8. The van der Waals surface area contributed by atoms with E-state index in [-0.39, 0.29) is 5.41 Å². The third kappa shape index (κ3) is 5.18. The van der Waals surface area contributed by atoms with Crippen molar-refractivity contribution < 1.29 is 0 Å². The number of nitrogens with zero attached hydrogens (tertiary/aromatic N) is 3. The number of anilines is 1. The van der Waals surface area contributed by atoms with Crippen molar-refractivity contribution in [2.75, 3.05) is 18.1 Å². The molecule has 0 atom stereocenters. The Morgan fingerprint density at radius 3 is 2.39 bits per heavy atom. The van der Waals surface area contributed by atoms with Gasteiger partial charge in [0.1, 0.15) is 11.6 Å². The smallest absolute Gasteiger partial charge is 0.138 e. The molecule has 0 saturated heterocycles. The predicted octanol–water partition coefficient (Wildman–Crippen LogP) is 6.23. The summed E-state index contributed by atoms with van der Waals surface area (Å²) in [6.07, 6.45) is 6.11. The van der Waals surface area contributed by atoms with Crippen molar-refractivity contribution in [1.82, 2.24) is 19.7 Å². The Kier molecular flexibility index (Phi) is 7.57. The SMILES string of the molecule is CC.CSNCC1(c2nc(NCc3ccccn3)c3c(-c4ccccc4)cccc3n2)CC1. The third-order valence-electron chi connectivity index (χ3n) is 5.85. The first-order chi connectivity index (χ1) is 16.3. The summed E-state index contributed by atoms with van der Waals surface area (Å²) in [5.74, 6) is 1.80.